The number of rotatable bonds is 5. The Morgan fingerprint density at radius 3 is 1.18 bits per heavy atom. The van der Waals surface area contributed by atoms with Crippen molar-refractivity contribution in [1.29, 1.82) is 0 Å². The second-order valence-electron chi connectivity index (χ2n) is 10.6. The Labute approximate surface area is 174 Å². The summed E-state index contributed by atoms with van der Waals surface area (Å²) in [6, 6.07) is 2.46. The average Bonchev–Trinajstić information content (AvgIpc) is 2.52. The van der Waals surface area contributed by atoms with Crippen LogP contribution in [-0.2, 0) is 8.85 Å². The van der Waals surface area contributed by atoms with Gasteiger partial charge in [-0.15, -0.1) is 0 Å². The molecular weight excluding hydrogens is 388 g/mol. The Bertz CT molecular complexity index is 536. The summed E-state index contributed by atoms with van der Waals surface area (Å²) in [5.41, 5.74) is 0. The Balaban J connectivity index is 5.70. The van der Waals surface area contributed by atoms with E-state index in [1.165, 1.54) is 0 Å². The largest absolute Gasteiger partial charge is 0.501 e. The summed E-state index contributed by atoms with van der Waals surface area (Å²) in [5.74, 6) is 0. The standard InChI is InChI=1S/C20H42N2O4Si2/c1-13-27(14-2,15-3)25-16(23)21-22-17(24)26-28(18(4,5)6,19(7,8)9)20(10,11)12/h13-15H2,1-12H3/b22-21+. The van der Waals surface area contributed by atoms with Crippen molar-refractivity contribution in [1.82, 2.24) is 0 Å². The molecule has 0 aliphatic rings. The van der Waals surface area contributed by atoms with E-state index in [-0.39, 0.29) is 15.1 Å². The van der Waals surface area contributed by atoms with E-state index in [2.05, 4.69) is 72.5 Å². The van der Waals surface area contributed by atoms with Gasteiger partial charge in [0.1, 0.15) is 0 Å². The van der Waals surface area contributed by atoms with Gasteiger partial charge in [-0.25, -0.2) is 9.59 Å². The highest BCUT2D eigenvalue weighted by molar-refractivity contribution is 6.83. The minimum absolute atomic E-state index is 0.232. The molecule has 0 heterocycles. The molecule has 0 aliphatic carbocycles. The molecule has 0 bridgehead atoms. The molecular formula is C20H42N2O4Si2. The zero-order valence-corrected chi connectivity index (χ0v) is 22.1. The molecule has 8 heteroatoms. The lowest BCUT2D eigenvalue weighted by atomic mass is 10.2. The zero-order valence-electron chi connectivity index (χ0n) is 20.1. The first-order valence-corrected chi connectivity index (χ1v) is 14.7. The van der Waals surface area contributed by atoms with Gasteiger partial charge in [0.05, 0.1) is 0 Å². The van der Waals surface area contributed by atoms with Crippen LogP contribution in [0.4, 0.5) is 9.59 Å². The normalized spacial score (nSPS) is 14.3. The van der Waals surface area contributed by atoms with E-state index >= 15 is 0 Å². The Kier molecular flexibility index (Phi) is 8.86. The van der Waals surface area contributed by atoms with Crippen LogP contribution in [0.3, 0.4) is 0 Å². The van der Waals surface area contributed by atoms with Crippen LogP contribution in [0.2, 0.25) is 33.2 Å². The van der Waals surface area contributed by atoms with Crippen LogP contribution >= 0.6 is 0 Å². The molecule has 0 radical (unpaired) electrons. The van der Waals surface area contributed by atoms with Crippen molar-refractivity contribution in [2.75, 3.05) is 0 Å². The lowest BCUT2D eigenvalue weighted by molar-refractivity contribution is 0.188. The van der Waals surface area contributed by atoms with Gasteiger partial charge in [-0.1, -0.05) is 93.3 Å². The highest BCUT2D eigenvalue weighted by atomic mass is 28.4. The second-order valence-corrected chi connectivity index (χ2v) is 21.4. The summed E-state index contributed by atoms with van der Waals surface area (Å²) in [6.45, 7) is 25.0. The van der Waals surface area contributed by atoms with Crippen LogP contribution in [0.25, 0.3) is 0 Å². The van der Waals surface area contributed by atoms with Crippen LogP contribution in [0, 0.1) is 0 Å². The van der Waals surface area contributed by atoms with E-state index in [9.17, 15) is 9.59 Å². The van der Waals surface area contributed by atoms with Gasteiger partial charge >= 0.3 is 12.2 Å². The predicted molar refractivity (Wildman–Crippen MR) is 120 cm³/mol. The number of carbonyl (C=O) groups excluding carboxylic acids is 2. The van der Waals surface area contributed by atoms with Gasteiger partial charge < -0.3 is 8.85 Å². The maximum Gasteiger partial charge on any atom is 0.439 e. The molecule has 6 nitrogen and oxygen atoms in total. The lowest BCUT2D eigenvalue weighted by Crippen LogP contribution is -2.61. The fourth-order valence-corrected chi connectivity index (χ4v) is 15.6. The molecule has 0 saturated heterocycles. The predicted octanol–water partition coefficient (Wildman–Crippen LogP) is 8.06. The topological polar surface area (TPSA) is 77.3 Å². The SMILES string of the molecule is CC[Si](CC)(CC)OC(=O)/N=N/C(=O)O[Si](C(C)(C)C)(C(C)(C)C)C(C)(C)C. The minimum Gasteiger partial charge on any atom is -0.501 e. The number of hydrogen-bond acceptors (Lipinski definition) is 4. The molecule has 0 atom stereocenters. The van der Waals surface area contributed by atoms with Crippen molar-refractivity contribution in [2.24, 2.45) is 10.2 Å². The average molecular weight is 431 g/mol. The Morgan fingerprint density at radius 1 is 0.643 bits per heavy atom. The molecule has 0 saturated carbocycles. The van der Waals surface area contributed by atoms with Crippen LogP contribution in [0.15, 0.2) is 10.2 Å². The van der Waals surface area contributed by atoms with Gasteiger partial charge in [0.2, 0.25) is 0 Å². The first kappa shape index (κ1) is 27.0. The number of amides is 2. The summed E-state index contributed by atoms with van der Waals surface area (Å²) in [6.07, 6.45) is -1.59. The first-order valence-electron chi connectivity index (χ1n) is 10.3. The van der Waals surface area contributed by atoms with Crippen LogP contribution in [0.1, 0.15) is 83.1 Å². The molecule has 0 N–H and O–H groups in total. The van der Waals surface area contributed by atoms with Gasteiger partial charge in [0, 0.05) is 0 Å². The van der Waals surface area contributed by atoms with Gasteiger partial charge in [0.15, 0.2) is 0 Å². The molecule has 0 fully saturated rings. The highest BCUT2D eigenvalue weighted by Crippen LogP contribution is 2.62. The molecule has 2 amide bonds. The molecule has 0 unspecified atom stereocenters. The van der Waals surface area contributed by atoms with Gasteiger partial charge in [-0.05, 0) is 33.2 Å². The van der Waals surface area contributed by atoms with E-state index in [0.29, 0.717) is 0 Å². The summed E-state index contributed by atoms with van der Waals surface area (Å²) in [7, 11) is -4.89. The quantitative estimate of drug-likeness (QED) is 0.326. The molecule has 0 spiro atoms. The van der Waals surface area contributed by atoms with Gasteiger partial charge in [0.25, 0.3) is 16.6 Å². The third kappa shape index (κ3) is 5.75. The van der Waals surface area contributed by atoms with Crippen molar-refractivity contribution in [3.8, 4) is 0 Å². The van der Waals surface area contributed by atoms with E-state index < -0.39 is 28.8 Å². The van der Waals surface area contributed by atoms with E-state index in [1.54, 1.807) is 0 Å². The van der Waals surface area contributed by atoms with Crippen LogP contribution in [-0.4, -0.2) is 28.8 Å². The van der Waals surface area contributed by atoms with Crippen molar-refractivity contribution in [2.45, 2.75) is 116 Å². The van der Waals surface area contributed by atoms with Crippen molar-refractivity contribution < 1.29 is 18.4 Å². The Hall–Kier alpha value is -1.03. The maximum absolute atomic E-state index is 12.6. The third-order valence-electron chi connectivity index (χ3n) is 5.86. The number of azo groups is 1. The van der Waals surface area contributed by atoms with E-state index in [1.807, 2.05) is 20.8 Å². The highest BCUT2D eigenvalue weighted by Gasteiger charge is 2.64. The molecule has 0 rings (SSSR count). The zero-order chi connectivity index (χ0) is 22.6. The van der Waals surface area contributed by atoms with Crippen molar-refractivity contribution >= 4 is 28.8 Å². The van der Waals surface area contributed by atoms with E-state index in [0.717, 1.165) is 18.1 Å². The number of hydrogen-bond donors (Lipinski definition) is 0. The number of nitrogens with zero attached hydrogens (tertiary/aromatic N) is 2. The second kappa shape index (κ2) is 9.19. The monoisotopic (exact) mass is 430 g/mol. The summed E-state index contributed by atoms with van der Waals surface area (Å²) in [4.78, 5) is 24.8. The molecule has 0 aliphatic heterocycles. The fourth-order valence-electron chi connectivity index (χ4n) is 5.24. The number of carbonyl (C=O) groups is 2. The molecule has 164 valence electrons. The summed E-state index contributed by atoms with van der Waals surface area (Å²) in [5, 5.41) is 6.42. The molecule has 0 aromatic carbocycles. The summed E-state index contributed by atoms with van der Waals surface area (Å²) >= 11 is 0. The molecule has 28 heavy (non-hydrogen) atoms. The molecule has 0 aromatic heterocycles. The maximum atomic E-state index is 12.6. The lowest BCUT2D eigenvalue weighted by Gasteiger charge is -2.56. The van der Waals surface area contributed by atoms with Crippen molar-refractivity contribution in [3.63, 3.8) is 0 Å². The first-order chi connectivity index (χ1) is 12.4. The third-order valence-corrected chi connectivity index (χ3v) is 17.2. The van der Waals surface area contributed by atoms with Gasteiger partial charge in [-0.3, -0.25) is 0 Å². The minimum atomic E-state index is -2.75. The fraction of sp³-hybridized carbons (Fsp3) is 0.900. The van der Waals surface area contributed by atoms with Crippen LogP contribution < -0.4 is 0 Å². The van der Waals surface area contributed by atoms with Crippen molar-refractivity contribution in [3.05, 3.63) is 0 Å². The van der Waals surface area contributed by atoms with Crippen LogP contribution in [0.5, 0.6) is 0 Å². The smallest absolute Gasteiger partial charge is 0.439 e. The van der Waals surface area contributed by atoms with E-state index in [4.69, 9.17) is 8.85 Å². The molecule has 0 aromatic rings. The van der Waals surface area contributed by atoms with Gasteiger partial charge in [-0.2, -0.15) is 0 Å². The Morgan fingerprint density at radius 2 is 0.929 bits per heavy atom. The summed E-state index contributed by atoms with van der Waals surface area (Å²) < 4.78 is 11.7.